The zero-order chi connectivity index (χ0) is 26.4. The molecule has 7 nitrogen and oxygen atoms in total. The summed E-state index contributed by atoms with van der Waals surface area (Å²) in [5.41, 5.74) is 2.22. The number of amides is 3. The van der Waals surface area contributed by atoms with Crippen molar-refractivity contribution >= 4 is 35.1 Å². The summed E-state index contributed by atoms with van der Waals surface area (Å²) < 4.78 is 18.1. The van der Waals surface area contributed by atoms with E-state index >= 15 is 0 Å². The Morgan fingerprint density at radius 2 is 1.55 bits per heavy atom. The molecule has 38 heavy (non-hydrogen) atoms. The van der Waals surface area contributed by atoms with Gasteiger partial charge < -0.3 is 10.1 Å². The lowest BCUT2D eigenvalue weighted by Crippen LogP contribution is -2.33. The number of nitrogens with one attached hydrogen (secondary N) is 1. The van der Waals surface area contributed by atoms with Gasteiger partial charge in [-0.2, -0.15) is 0 Å². The Balaban J connectivity index is 1.10. The van der Waals surface area contributed by atoms with Crippen molar-refractivity contribution in [3.8, 4) is 0 Å². The Bertz CT molecular complexity index is 1410. The number of rotatable bonds is 6. The molecule has 3 aliphatic rings. The smallest absolute Gasteiger partial charge is 0.338 e. The van der Waals surface area contributed by atoms with Gasteiger partial charge in [0.1, 0.15) is 5.82 Å². The highest BCUT2D eigenvalue weighted by Crippen LogP contribution is 2.61. The quantitative estimate of drug-likeness (QED) is 0.386. The van der Waals surface area contributed by atoms with E-state index in [1.165, 1.54) is 46.9 Å². The molecule has 2 saturated carbocycles. The lowest BCUT2D eigenvalue weighted by Gasteiger charge is -2.28. The van der Waals surface area contributed by atoms with Crippen molar-refractivity contribution in [1.82, 2.24) is 0 Å². The maximum atomic E-state index is 13.5. The maximum absolute atomic E-state index is 13.5. The van der Waals surface area contributed by atoms with Crippen LogP contribution < -0.4 is 10.2 Å². The molecule has 8 heteroatoms. The van der Waals surface area contributed by atoms with Gasteiger partial charge in [0.05, 0.1) is 23.1 Å². The summed E-state index contributed by atoms with van der Waals surface area (Å²) in [6.45, 7) is -0.518. The first-order valence-electron chi connectivity index (χ1n) is 12.7. The number of anilines is 2. The van der Waals surface area contributed by atoms with E-state index in [9.17, 15) is 23.6 Å². The summed E-state index contributed by atoms with van der Waals surface area (Å²) in [4.78, 5) is 52.6. The molecule has 6 rings (SSSR count). The van der Waals surface area contributed by atoms with Gasteiger partial charge in [-0.05, 0) is 84.7 Å². The molecule has 0 radical (unpaired) electrons. The largest absolute Gasteiger partial charge is 0.452 e. The van der Waals surface area contributed by atoms with Gasteiger partial charge in [0.15, 0.2) is 6.61 Å². The van der Waals surface area contributed by atoms with Crippen LogP contribution in [0, 0.1) is 29.5 Å². The topological polar surface area (TPSA) is 92.8 Å². The summed E-state index contributed by atoms with van der Waals surface area (Å²) >= 11 is 0. The molecule has 3 amide bonds. The molecule has 3 fully saturated rings. The maximum Gasteiger partial charge on any atom is 0.338 e. The average molecular weight is 513 g/mol. The highest BCUT2D eigenvalue weighted by Gasteiger charge is 2.64. The number of carbonyl (C=O) groups excluding carboxylic acids is 4. The molecule has 5 atom stereocenters. The molecule has 2 aliphatic carbocycles. The van der Waals surface area contributed by atoms with Crippen LogP contribution in [0.25, 0.3) is 0 Å². The van der Waals surface area contributed by atoms with Gasteiger partial charge in [0, 0.05) is 5.69 Å². The van der Waals surface area contributed by atoms with Crippen LogP contribution in [-0.2, 0) is 19.1 Å². The zero-order valence-corrected chi connectivity index (χ0v) is 20.4. The van der Waals surface area contributed by atoms with Gasteiger partial charge in [-0.1, -0.05) is 30.3 Å². The van der Waals surface area contributed by atoms with Gasteiger partial charge >= 0.3 is 5.97 Å². The van der Waals surface area contributed by atoms with E-state index in [0.717, 1.165) is 12.8 Å². The van der Waals surface area contributed by atoms with Gasteiger partial charge in [-0.3, -0.25) is 19.3 Å². The molecule has 1 heterocycles. The normalized spacial score (nSPS) is 25.4. The average Bonchev–Trinajstić information content (AvgIpc) is 3.60. The minimum absolute atomic E-state index is 0.157. The van der Waals surface area contributed by atoms with Gasteiger partial charge in [0.2, 0.25) is 11.8 Å². The van der Waals surface area contributed by atoms with Crippen molar-refractivity contribution in [3.63, 3.8) is 0 Å². The van der Waals surface area contributed by atoms with Crippen LogP contribution in [-0.4, -0.2) is 30.3 Å². The second-order valence-corrected chi connectivity index (χ2v) is 10.2. The minimum atomic E-state index is -0.717. The standard InChI is InChI=1S/C30H25FN2O5/c31-20-8-10-21(11-9-20)32-25(34)16-38-30(37)18-6-12-22(13-7-18)33-28(35)26-19-14-23(17-4-2-1-3-5-17)24(15-19)27(26)29(33)36/h1-13,19,23-24,26-27H,14-16H2,(H,32,34)/t19-,23+,24+,26+,27+/m0/s1. The van der Waals surface area contributed by atoms with Crippen molar-refractivity contribution in [2.24, 2.45) is 23.7 Å². The van der Waals surface area contributed by atoms with Crippen molar-refractivity contribution in [2.45, 2.75) is 18.8 Å². The van der Waals surface area contributed by atoms with E-state index in [4.69, 9.17) is 4.74 Å². The molecular weight excluding hydrogens is 487 g/mol. The van der Waals surface area contributed by atoms with Crippen LogP contribution in [0.4, 0.5) is 15.8 Å². The Labute approximate surface area is 218 Å². The Morgan fingerprint density at radius 1 is 0.868 bits per heavy atom. The predicted molar refractivity (Wildman–Crippen MR) is 137 cm³/mol. The summed E-state index contributed by atoms with van der Waals surface area (Å²) in [7, 11) is 0. The number of halogens is 1. The SMILES string of the molecule is O=C(COC(=O)c1ccc(N2C(=O)[C@@H]3[C@@H]4C[C@@H]([C@H]3C2=O)[C@@H](c2ccccc2)C4)cc1)Nc1ccc(F)cc1. The number of carbonyl (C=O) groups is 4. The number of benzene rings is 3. The molecule has 0 unspecified atom stereocenters. The van der Waals surface area contributed by atoms with E-state index in [-0.39, 0.29) is 47.0 Å². The van der Waals surface area contributed by atoms with Crippen LogP contribution in [0.3, 0.4) is 0 Å². The lowest BCUT2D eigenvalue weighted by molar-refractivity contribution is -0.123. The van der Waals surface area contributed by atoms with Gasteiger partial charge in [0.25, 0.3) is 5.91 Å². The second kappa shape index (κ2) is 9.52. The summed E-state index contributed by atoms with van der Waals surface area (Å²) in [5, 5.41) is 2.51. The van der Waals surface area contributed by atoms with E-state index in [0.29, 0.717) is 11.4 Å². The first kappa shape index (κ1) is 24.0. The number of hydrogen-bond acceptors (Lipinski definition) is 5. The Kier molecular flexibility index (Phi) is 6.02. The van der Waals surface area contributed by atoms with Crippen molar-refractivity contribution in [1.29, 1.82) is 0 Å². The molecule has 1 N–H and O–H groups in total. The molecular formula is C30H25FN2O5. The number of imide groups is 1. The first-order chi connectivity index (χ1) is 18.4. The second-order valence-electron chi connectivity index (χ2n) is 10.2. The molecule has 2 bridgehead atoms. The Hall–Kier alpha value is -4.33. The number of esters is 1. The van der Waals surface area contributed by atoms with Crippen LogP contribution in [0.1, 0.15) is 34.7 Å². The molecule has 192 valence electrons. The number of ether oxygens (including phenoxy) is 1. The van der Waals surface area contributed by atoms with Crippen molar-refractivity contribution in [2.75, 3.05) is 16.8 Å². The van der Waals surface area contributed by atoms with E-state index < -0.39 is 24.3 Å². The van der Waals surface area contributed by atoms with E-state index in [1.54, 1.807) is 12.1 Å². The Morgan fingerprint density at radius 3 is 2.26 bits per heavy atom. The van der Waals surface area contributed by atoms with Crippen LogP contribution >= 0.6 is 0 Å². The van der Waals surface area contributed by atoms with Crippen molar-refractivity contribution in [3.05, 3.63) is 95.8 Å². The van der Waals surface area contributed by atoms with Crippen LogP contribution in [0.2, 0.25) is 0 Å². The fourth-order valence-electron chi connectivity index (χ4n) is 6.49. The molecule has 3 aromatic carbocycles. The molecule has 3 aromatic rings. The third-order valence-corrected chi connectivity index (χ3v) is 8.07. The number of fused-ring (bicyclic) bond motifs is 5. The highest BCUT2D eigenvalue weighted by atomic mass is 19.1. The van der Waals surface area contributed by atoms with Crippen LogP contribution in [0.5, 0.6) is 0 Å². The van der Waals surface area contributed by atoms with E-state index in [1.807, 2.05) is 18.2 Å². The molecule has 0 aromatic heterocycles. The fraction of sp³-hybridized carbons (Fsp3) is 0.267. The molecule has 1 aliphatic heterocycles. The summed E-state index contributed by atoms with van der Waals surface area (Å²) in [6.07, 6.45) is 1.82. The summed E-state index contributed by atoms with van der Waals surface area (Å²) in [6, 6.07) is 21.5. The third-order valence-electron chi connectivity index (χ3n) is 8.07. The number of hydrogen-bond donors (Lipinski definition) is 1. The lowest BCUT2D eigenvalue weighted by atomic mass is 9.73. The van der Waals surface area contributed by atoms with E-state index in [2.05, 4.69) is 17.4 Å². The monoisotopic (exact) mass is 512 g/mol. The molecule has 0 spiro atoms. The zero-order valence-electron chi connectivity index (χ0n) is 20.4. The number of nitrogens with zero attached hydrogens (tertiary/aromatic N) is 1. The molecule has 1 saturated heterocycles. The summed E-state index contributed by atoms with van der Waals surface area (Å²) in [5.74, 6) is -1.98. The minimum Gasteiger partial charge on any atom is -0.452 e. The first-order valence-corrected chi connectivity index (χ1v) is 12.7. The fourth-order valence-corrected chi connectivity index (χ4v) is 6.49. The van der Waals surface area contributed by atoms with Gasteiger partial charge in [-0.15, -0.1) is 0 Å². The predicted octanol–water partition coefficient (Wildman–Crippen LogP) is 4.55. The van der Waals surface area contributed by atoms with Gasteiger partial charge in [-0.25, -0.2) is 9.18 Å². The highest BCUT2D eigenvalue weighted by molar-refractivity contribution is 6.22. The van der Waals surface area contributed by atoms with Crippen LogP contribution in [0.15, 0.2) is 78.9 Å². The van der Waals surface area contributed by atoms with Crippen molar-refractivity contribution < 1.29 is 28.3 Å². The third kappa shape index (κ3) is 4.16.